The number of nitrogens with one attached hydrogen (secondary N) is 1. The van der Waals surface area contributed by atoms with Crippen LogP contribution in [0.15, 0.2) is 54.3 Å². The summed E-state index contributed by atoms with van der Waals surface area (Å²) in [6, 6.07) is 12.1. The van der Waals surface area contributed by atoms with Gasteiger partial charge in [-0.05, 0) is 11.6 Å². The predicted octanol–water partition coefficient (Wildman–Crippen LogP) is 3.27. The molecule has 94 valence electrons. The normalized spacial score (nSPS) is 10.3. The molecule has 0 amide bonds. The molecule has 3 rings (SSSR count). The first kappa shape index (κ1) is 11.8. The van der Waals surface area contributed by atoms with E-state index in [-0.39, 0.29) is 0 Å². The van der Waals surface area contributed by atoms with E-state index in [2.05, 4.69) is 37.8 Å². The first-order valence-corrected chi connectivity index (χ1v) is 6.79. The molecule has 0 aliphatic heterocycles. The Labute approximate surface area is 115 Å². The summed E-state index contributed by atoms with van der Waals surface area (Å²) in [6.07, 6.45) is 4.07. The maximum atomic E-state index is 4.55. The van der Waals surface area contributed by atoms with Crippen LogP contribution in [0.4, 0.5) is 10.9 Å². The lowest BCUT2D eigenvalue weighted by Gasteiger charge is -1.99. The Morgan fingerprint density at radius 2 is 2.00 bits per heavy atom. The molecule has 0 saturated carbocycles. The SMILES string of the molecule is c1ccc(Cc2csc(Nc3ccncn3)n2)cc1. The Balaban J connectivity index is 1.70. The van der Waals surface area contributed by atoms with Gasteiger partial charge < -0.3 is 5.32 Å². The van der Waals surface area contributed by atoms with E-state index in [0.29, 0.717) is 0 Å². The summed E-state index contributed by atoms with van der Waals surface area (Å²) in [4.78, 5) is 12.5. The summed E-state index contributed by atoms with van der Waals surface area (Å²) < 4.78 is 0. The summed E-state index contributed by atoms with van der Waals surface area (Å²) in [5, 5.41) is 6.08. The van der Waals surface area contributed by atoms with Gasteiger partial charge in [0, 0.05) is 18.0 Å². The van der Waals surface area contributed by atoms with Crippen molar-refractivity contribution in [1.29, 1.82) is 0 Å². The smallest absolute Gasteiger partial charge is 0.188 e. The van der Waals surface area contributed by atoms with E-state index in [1.54, 1.807) is 17.5 Å². The van der Waals surface area contributed by atoms with Crippen molar-refractivity contribution in [2.24, 2.45) is 0 Å². The van der Waals surface area contributed by atoms with Crippen LogP contribution in [0.25, 0.3) is 0 Å². The minimum Gasteiger partial charge on any atom is -0.316 e. The summed E-state index contributed by atoms with van der Waals surface area (Å²) in [5.74, 6) is 0.760. The highest BCUT2D eigenvalue weighted by Gasteiger charge is 2.03. The fourth-order valence-electron chi connectivity index (χ4n) is 1.72. The lowest BCUT2D eigenvalue weighted by molar-refractivity contribution is 1.10. The third-order valence-electron chi connectivity index (χ3n) is 2.60. The number of anilines is 2. The van der Waals surface area contributed by atoms with Crippen molar-refractivity contribution < 1.29 is 0 Å². The molecule has 1 aromatic carbocycles. The molecule has 3 aromatic rings. The number of benzene rings is 1. The van der Waals surface area contributed by atoms with Gasteiger partial charge in [0.2, 0.25) is 0 Å². The monoisotopic (exact) mass is 268 g/mol. The van der Waals surface area contributed by atoms with Crippen LogP contribution < -0.4 is 5.32 Å². The van der Waals surface area contributed by atoms with E-state index in [1.807, 2.05) is 24.3 Å². The van der Waals surface area contributed by atoms with Crippen molar-refractivity contribution in [3.63, 3.8) is 0 Å². The zero-order valence-electron chi connectivity index (χ0n) is 10.2. The number of rotatable bonds is 4. The summed E-state index contributed by atoms with van der Waals surface area (Å²) >= 11 is 1.58. The predicted molar refractivity (Wildman–Crippen MR) is 76.7 cm³/mol. The zero-order chi connectivity index (χ0) is 12.9. The molecule has 0 aliphatic carbocycles. The van der Waals surface area contributed by atoms with E-state index in [9.17, 15) is 0 Å². The molecule has 19 heavy (non-hydrogen) atoms. The molecule has 5 heteroatoms. The Bertz CT molecular complexity index is 581. The maximum absolute atomic E-state index is 4.55. The fourth-order valence-corrected chi connectivity index (χ4v) is 2.44. The van der Waals surface area contributed by atoms with Crippen molar-refractivity contribution in [2.45, 2.75) is 6.42 Å². The molecule has 0 atom stereocenters. The number of nitrogens with zero attached hydrogens (tertiary/aromatic N) is 3. The number of hydrogen-bond donors (Lipinski definition) is 1. The largest absolute Gasteiger partial charge is 0.316 e. The Morgan fingerprint density at radius 1 is 1.11 bits per heavy atom. The lowest BCUT2D eigenvalue weighted by atomic mass is 10.1. The molecule has 0 unspecified atom stereocenters. The topological polar surface area (TPSA) is 50.7 Å². The first-order chi connectivity index (χ1) is 9.40. The van der Waals surface area contributed by atoms with Crippen molar-refractivity contribution >= 4 is 22.3 Å². The minimum atomic E-state index is 0.760. The highest BCUT2D eigenvalue weighted by atomic mass is 32.1. The second kappa shape index (κ2) is 5.58. The zero-order valence-corrected chi connectivity index (χ0v) is 11.0. The Morgan fingerprint density at radius 3 is 2.79 bits per heavy atom. The first-order valence-electron chi connectivity index (χ1n) is 5.91. The van der Waals surface area contributed by atoms with Gasteiger partial charge in [-0.2, -0.15) is 0 Å². The van der Waals surface area contributed by atoms with Gasteiger partial charge in [0.15, 0.2) is 5.13 Å². The molecule has 2 aromatic heterocycles. The van der Waals surface area contributed by atoms with Crippen molar-refractivity contribution in [3.8, 4) is 0 Å². The van der Waals surface area contributed by atoms with Crippen LogP contribution in [0.2, 0.25) is 0 Å². The number of thiazole rings is 1. The van der Waals surface area contributed by atoms with Crippen LogP contribution in [-0.4, -0.2) is 15.0 Å². The lowest BCUT2D eigenvalue weighted by Crippen LogP contribution is -1.94. The molecule has 0 saturated heterocycles. The van der Waals surface area contributed by atoms with Crippen molar-refractivity contribution in [3.05, 3.63) is 65.6 Å². The van der Waals surface area contributed by atoms with Gasteiger partial charge in [-0.15, -0.1) is 11.3 Å². The minimum absolute atomic E-state index is 0.760. The van der Waals surface area contributed by atoms with Crippen LogP contribution in [0.5, 0.6) is 0 Å². The fraction of sp³-hybridized carbons (Fsp3) is 0.0714. The third-order valence-corrected chi connectivity index (χ3v) is 3.40. The molecule has 2 heterocycles. The third kappa shape index (κ3) is 3.14. The molecule has 4 nitrogen and oxygen atoms in total. The molecule has 0 radical (unpaired) electrons. The second-order valence-electron chi connectivity index (χ2n) is 4.03. The van der Waals surface area contributed by atoms with Gasteiger partial charge in [-0.25, -0.2) is 15.0 Å². The maximum Gasteiger partial charge on any atom is 0.188 e. The van der Waals surface area contributed by atoms with Gasteiger partial charge >= 0.3 is 0 Å². The Hall–Kier alpha value is -2.27. The summed E-state index contributed by atoms with van der Waals surface area (Å²) in [5.41, 5.74) is 2.33. The van der Waals surface area contributed by atoms with E-state index in [0.717, 1.165) is 23.1 Å². The average Bonchev–Trinajstić information content (AvgIpc) is 2.88. The standard InChI is InChI=1S/C14H12N4S/c1-2-4-11(5-3-1)8-12-9-19-14(17-12)18-13-6-7-15-10-16-13/h1-7,9-10H,8H2,(H,15,16,17,18). The van der Waals surface area contributed by atoms with Crippen LogP contribution in [-0.2, 0) is 6.42 Å². The van der Waals surface area contributed by atoms with E-state index in [4.69, 9.17) is 0 Å². The van der Waals surface area contributed by atoms with Gasteiger partial charge in [0.1, 0.15) is 12.1 Å². The van der Waals surface area contributed by atoms with Gasteiger partial charge in [0.05, 0.1) is 5.69 Å². The van der Waals surface area contributed by atoms with Crippen molar-refractivity contribution in [1.82, 2.24) is 15.0 Å². The number of hydrogen-bond acceptors (Lipinski definition) is 5. The van der Waals surface area contributed by atoms with Gasteiger partial charge in [0.25, 0.3) is 0 Å². The highest BCUT2D eigenvalue weighted by Crippen LogP contribution is 2.20. The molecule has 1 N–H and O–H groups in total. The molecular formula is C14H12N4S. The average molecular weight is 268 g/mol. The second-order valence-corrected chi connectivity index (χ2v) is 4.88. The van der Waals surface area contributed by atoms with E-state index >= 15 is 0 Å². The summed E-state index contributed by atoms with van der Waals surface area (Å²) in [6.45, 7) is 0. The van der Waals surface area contributed by atoms with E-state index < -0.39 is 0 Å². The quantitative estimate of drug-likeness (QED) is 0.789. The highest BCUT2D eigenvalue weighted by molar-refractivity contribution is 7.13. The number of aromatic nitrogens is 3. The molecule has 0 spiro atoms. The molecule has 0 fully saturated rings. The van der Waals surface area contributed by atoms with Crippen LogP contribution in [0, 0.1) is 0 Å². The molecular weight excluding hydrogens is 256 g/mol. The van der Waals surface area contributed by atoms with Crippen LogP contribution in [0.1, 0.15) is 11.3 Å². The summed E-state index contributed by atoms with van der Waals surface area (Å²) in [7, 11) is 0. The van der Waals surface area contributed by atoms with Crippen LogP contribution >= 0.6 is 11.3 Å². The van der Waals surface area contributed by atoms with E-state index in [1.165, 1.54) is 11.9 Å². The van der Waals surface area contributed by atoms with Crippen molar-refractivity contribution in [2.75, 3.05) is 5.32 Å². The molecule has 0 aliphatic rings. The Kier molecular flexibility index (Phi) is 3.47. The van der Waals surface area contributed by atoms with Gasteiger partial charge in [-0.1, -0.05) is 30.3 Å². The molecule has 0 bridgehead atoms. The van der Waals surface area contributed by atoms with Crippen LogP contribution in [0.3, 0.4) is 0 Å². The van der Waals surface area contributed by atoms with Gasteiger partial charge in [-0.3, -0.25) is 0 Å².